The van der Waals surface area contributed by atoms with E-state index in [-0.39, 0.29) is 17.7 Å². The maximum Gasteiger partial charge on any atom is 0.249 e. The highest BCUT2D eigenvalue weighted by Crippen LogP contribution is 2.24. The van der Waals surface area contributed by atoms with Crippen LogP contribution >= 0.6 is 0 Å². The average molecular weight is 302 g/mol. The van der Waals surface area contributed by atoms with Gasteiger partial charge in [-0.3, -0.25) is 15.0 Å². The van der Waals surface area contributed by atoms with Crippen molar-refractivity contribution < 1.29 is 9.59 Å². The van der Waals surface area contributed by atoms with E-state index >= 15 is 0 Å². The van der Waals surface area contributed by atoms with E-state index in [1.807, 2.05) is 30.3 Å². The first-order valence-electron chi connectivity index (χ1n) is 8.41. The maximum atomic E-state index is 12.5. The van der Waals surface area contributed by atoms with Crippen molar-refractivity contribution in [3.8, 4) is 0 Å². The number of unbranched alkanes of at least 4 members (excludes halogenated alkanes) is 5. The van der Waals surface area contributed by atoms with E-state index in [1.54, 1.807) is 0 Å². The largest absolute Gasteiger partial charge is 0.273 e. The minimum Gasteiger partial charge on any atom is -0.273 e. The highest BCUT2D eigenvalue weighted by atomic mass is 16.2. The molecule has 1 aromatic carbocycles. The van der Waals surface area contributed by atoms with Gasteiger partial charge in [-0.1, -0.05) is 63.6 Å². The first-order valence-corrected chi connectivity index (χ1v) is 8.41. The second-order valence-electron chi connectivity index (χ2n) is 6.00. The summed E-state index contributed by atoms with van der Waals surface area (Å²) in [6, 6.07) is 9.31. The van der Waals surface area contributed by atoms with Crippen molar-refractivity contribution in [3.05, 3.63) is 30.3 Å². The van der Waals surface area contributed by atoms with Crippen LogP contribution in [0.25, 0.3) is 0 Å². The molecule has 1 saturated heterocycles. The smallest absolute Gasteiger partial charge is 0.249 e. The summed E-state index contributed by atoms with van der Waals surface area (Å²) in [4.78, 5) is 24.4. The summed E-state index contributed by atoms with van der Waals surface area (Å²) in [6.07, 6.45) is 8.32. The molecule has 22 heavy (non-hydrogen) atoms. The lowest BCUT2D eigenvalue weighted by molar-refractivity contribution is -0.135. The monoisotopic (exact) mass is 302 g/mol. The molecule has 2 rings (SSSR count). The maximum absolute atomic E-state index is 12.5. The number of carbonyl (C=O) groups excluding carboxylic acids is 2. The van der Waals surface area contributed by atoms with Gasteiger partial charge in [0.05, 0.1) is 5.69 Å². The van der Waals surface area contributed by atoms with Crippen molar-refractivity contribution in [2.45, 2.75) is 58.3 Å². The van der Waals surface area contributed by atoms with E-state index in [0.29, 0.717) is 6.42 Å². The van der Waals surface area contributed by atoms with Crippen LogP contribution in [0.15, 0.2) is 30.3 Å². The Hall–Kier alpha value is -1.84. The van der Waals surface area contributed by atoms with Gasteiger partial charge in [0.2, 0.25) is 11.8 Å². The molecule has 1 unspecified atom stereocenters. The molecule has 0 spiro atoms. The summed E-state index contributed by atoms with van der Waals surface area (Å²) in [5.74, 6) is -0.237. The lowest BCUT2D eigenvalue weighted by atomic mass is 9.94. The van der Waals surface area contributed by atoms with Gasteiger partial charge >= 0.3 is 0 Å². The normalized spacial score (nSPS) is 18.4. The molecule has 0 aliphatic carbocycles. The Balaban J connectivity index is 1.86. The van der Waals surface area contributed by atoms with Gasteiger partial charge in [0.25, 0.3) is 0 Å². The van der Waals surface area contributed by atoms with Crippen molar-refractivity contribution in [2.75, 3.05) is 5.01 Å². The van der Waals surface area contributed by atoms with Crippen LogP contribution < -0.4 is 10.4 Å². The van der Waals surface area contributed by atoms with Gasteiger partial charge in [0, 0.05) is 12.3 Å². The lowest BCUT2D eigenvalue weighted by Gasteiger charge is -2.32. The molecule has 120 valence electrons. The number of rotatable bonds is 8. The number of hydrogen-bond acceptors (Lipinski definition) is 2. The van der Waals surface area contributed by atoms with Gasteiger partial charge in [-0.25, -0.2) is 5.01 Å². The second-order valence-corrected chi connectivity index (χ2v) is 6.00. The predicted molar refractivity (Wildman–Crippen MR) is 88.2 cm³/mol. The number of amides is 2. The molecule has 1 aliphatic rings. The molecular weight excluding hydrogens is 276 g/mol. The molecular formula is C18H26N2O2. The number of hydrazine groups is 1. The molecule has 1 fully saturated rings. The fourth-order valence-electron chi connectivity index (χ4n) is 2.88. The van der Waals surface area contributed by atoms with Crippen molar-refractivity contribution in [1.29, 1.82) is 0 Å². The predicted octanol–water partition coefficient (Wildman–Crippen LogP) is 3.82. The number of nitrogens with one attached hydrogen (secondary N) is 1. The topological polar surface area (TPSA) is 49.4 Å². The molecule has 4 heteroatoms. The van der Waals surface area contributed by atoms with Crippen LogP contribution in [0.2, 0.25) is 0 Å². The van der Waals surface area contributed by atoms with E-state index in [1.165, 1.54) is 30.7 Å². The summed E-state index contributed by atoms with van der Waals surface area (Å²) in [6.45, 7) is 2.21. The molecule has 4 nitrogen and oxygen atoms in total. The zero-order valence-corrected chi connectivity index (χ0v) is 13.4. The number of hydrogen-bond donors (Lipinski definition) is 1. The highest BCUT2D eigenvalue weighted by Gasteiger charge is 2.33. The van der Waals surface area contributed by atoms with Crippen LogP contribution in [-0.4, -0.2) is 11.8 Å². The summed E-state index contributed by atoms with van der Waals surface area (Å²) < 4.78 is 0. The zero-order chi connectivity index (χ0) is 15.8. The molecule has 1 heterocycles. The fraction of sp³-hybridized carbons (Fsp3) is 0.556. The van der Waals surface area contributed by atoms with E-state index in [4.69, 9.17) is 0 Å². The van der Waals surface area contributed by atoms with Gasteiger partial charge in [0.15, 0.2) is 0 Å². The molecule has 1 atom stereocenters. The quantitative estimate of drug-likeness (QED) is 0.742. The molecule has 0 bridgehead atoms. The van der Waals surface area contributed by atoms with E-state index in [9.17, 15) is 9.59 Å². The Bertz CT molecular complexity index is 487. The van der Waals surface area contributed by atoms with Crippen LogP contribution in [0.1, 0.15) is 58.3 Å². The second kappa shape index (κ2) is 8.57. The average Bonchev–Trinajstić information content (AvgIpc) is 2.54. The van der Waals surface area contributed by atoms with Crippen LogP contribution in [0.5, 0.6) is 0 Å². The van der Waals surface area contributed by atoms with Crippen LogP contribution in [0.3, 0.4) is 0 Å². The first-order chi connectivity index (χ1) is 10.7. The van der Waals surface area contributed by atoms with Crippen LogP contribution in [0, 0.1) is 5.92 Å². The SMILES string of the molecule is CCCCCCCCC1CC(=O)NN(c2ccccc2)C1=O. The Labute approximate surface area is 132 Å². The van der Waals surface area contributed by atoms with Crippen molar-refractivity contribution >= 4 is 17.5 Å². The first kappa shape index (κ1) is 16.5. The van der Waals surface area contributed by atoms with Crippen molar-refractivity contribution in [3.63, 3.8) is 0 Å². The lowest BCUT2D eigenvalue weighted by Crippen LogP contribution is -2.54. The number of anilines is 1. The van der Waals surface area contributed by atoms with Gasteiger partial charge in [-0.05, 0) is 18.6 Å². The molecule has 1 N–H and O–H groups in total. The summed E-state index contributed by atoms with van der Waals surface area (Å²) in [7, 11) is 0. The zero-order valence-electron chi connectivity index (χ0n) is 13.4. The van der Waals surface area contributed by atoms with Gasteiger partial charge in [-0.15, -0.1) is 0 Å². The third-order valence-corrected chi connectivity index (χ3v) is 4.16. The number of nitrogens with zero attached hydrogens (tertiary/aromatic N) is 1. The van der Waals surface area contributed by atoms with Gasteiger partial charge in [0.1, 0.15) is 0 Å². The minimum absolute atomic E-state index is 0.0133. The molecule has 0 radical (unpaired) electrons. The van der Waals surface area contributed by atoms with Crippen LogP contribution in [-0.2, 0) is 9.59 Å². The molecule has 0 saturated carbocycles. The van der Waals surface area contributed by atoms with Gasteiger partial charge < -0.3 is 0 Å². The summed E-state index contributed by atoms with van der Waals surface area (Å²) in [5.41, 5.74) is 3.41. The standard InChI is InChI=1S/C18H26N2O2/c1-2-3-4-5-6-8-11-15-14-17(21)19-20(18(15)22)16-12-9-7-10-13-16/h7,9-10,12-13,15H,2-6,8,11,14H2,1H3,(H,19,21). The summed E-state index contributed by atoms with van der Waals surface area (Å²) in [5, 5.41) is 1.41. The minimum atomic E-state index is -0.180. The van der Waals surface area contributed by atoms with E-state index in [0.717, 1.165) is 24.9 Å². The van der Waals surface area contributed by atoms with Crippen LogP contribution in [0.4, 0.5) is 5.69 Å². The fourth-order valence-corrected chi connectivity index (χ4v) is 2.88. The Morgan fingerprint density at radius 1 is 1.05 bits per heavy atom. The molecule has 0 aromatic heterocycles. The van der Waals surface area contributed by atoms with E-state index in [2.05, 4.69) is 12.3 Å². The van der Waals surface area contributed by atoms with Crippen molar-refractivity contribution in [1.82, 2.24) is 5.43 Å². The number of carbonyl (C=O) groups is 2. The van der Waals surface area contributed by atoms with E-state index < -0.39 is 0 Å². The Morgan fingerprint density at radius 3 is 2.45 bits per heavy atom. The summed E-state index contributed by atoms with van der Waals surface area (Å²) >= 11 is 0. The number of benzene rings is 1. The molecule has 1 aromatic rings. The number of para-hydroxylation sites is 1. The molecule has 1 aliphatic heterocycles. The molecule has 2 amide bonds. The highest BCUT2D eigenvalue weighted by molar-refractivity contribution is 6.02. The third-order valence-electron chi connectivity index (χ3n) is 4.16. The Morgan fingerprint density at radius 2 is 1.73 bits per heavy atom. The third kappa shape index (κ3) is 4.58. The van der Waals surface area contributed by atoms with Gasteiger partial charge in [-0.2, -0.15) is 0 Å². The van der Waals surface area contributed by atoms with Crippen molar-refractivity contribution in [2.24, 2.45) is 5.92 Å². The Kier molecular flexibility index (Phi) is 6.44.